The summed E-state index contributed by atoms with van der Waals surface area (Å²) >= 11 is 0. The molecule has 2 unspecified atom stereocenters. The summed E-state index contributed by atoms with van der Waals surface area (Å²) < 4.78 is 11.1. The maximum Gasteiger partial charge on any atom is 0.190 e. The van der Waals surface area contributed by atoms with Crippen molar-refractivity contribution in [2.75, 3.05) is 46.6 Å². The van der Waals surface area contributed by atoms with Crippen LogP contribution in [0.15, 0.2) is 4.99 Å². The molecule has 6 nitrogen and oxygen atoms in total. The first kappa shape index (κ1) is 16.5. The fourth-order valence-corrected chi connectivity index (χ4v) is 3.03. The molecule has 2 fully saturated rings. The summed E-state index contributed by atoms with van der Waals surface area (Å²) in [5.41, 5.74) is 0.0426. The first-order valence-electron chi connectivity index (χ1n) is 8.03. The van der Waals surface area contributed by atoms with Gasteiger partial charge in [0.25, 0.3) is 0 Å². The van der Waals surface area contributed by atoms with Crippen molar-refractivity contribution >= 4 is 5.96 Å². The Morgan fingerprint density at radius 3 is 2.90 bits per heavy atom. The number of nitrogens with one attached hydrogen (secondary N) is 2. The van der Waals surface area contributed by atoms with Crippen LogP contribution in [0, 0.1) is 5.41 Å². The fourth-order valence-electron chi connectivity index (χ4n) is 3.03. The predicted molar refractivity (Wildman–Crippen MR) is 82.5 cm³/mol. The summed E-state index contributed by atoms with van der Waals surface area (Å²) in [7, 11) is 1.78. The summed E-state index contributed by atoms with van der Waals surface area (Å²) in [5, 5.41) is 15.9. The summed E-state index contributed by atoms with van der Waals surface area (Å²) in [6, 6.07) is 0. The smallest absolute Gasteiger partial charge is 0.190 e. The van der Waals surface area contributed by atoms with Crippen LogP contribution in [0.1, 0.15) is 32.1 Å². The monoisotopic (exact) mass is 299 g/mol. The van der Waals surface area contributed by atoms with E-state index in [-0.39, 0.29) is 12.0 Å². The van der Waals surface area contributed by atoms with Gasteiger partial charge < -0.3 is 25.2 Å². The Hall–Kier alpha value is -0.850. The highest BCUT2D eigenvalue weighted by Crippen LogP contribution is 2.31. The molecule has 0 aromatic heterocycles. The Labute approximate surface area is 127 Å². The number of hydrogen-bond acceptors (Lipinski definition) is 4. The van der Waals surface area contributed by atoms with Crippen LogP contribution in [0.4, 0.5) is 0 Å². The lowest BCUT2D eigenvalue weighted by molar-refractivity contribution is 0.105. The van der Waals surface area contributed by atoms with Crippen LogP contribution in [0.25, 0.3) is 0 Å². The molecule has 0 amide bonds. The molecule has 0 saturated carbocycles. The van der Waals surface area contributed by atoms with E-state index in [1.165, 1.54) is 12.8 Å². The van der Waals surface area contributed by atoms with Crippen molar-refractivity contribution in [3.05, 3.63) is 0 Å². The van der Waals surface area contributed by atoms with Crippen LogP contribution in [0.5, 0.6) is 0 Å². The molecule has 0 radical (unpaired) electrons. The van der Waals surface area contributed by atoms with Gasteiger partial charge in [-0.3, -0.25) is 4.99 Å². The van der Waals surface area contributed by atoms with Crippen LogP contribution < -0.4 is 10.6 Å². The van der Waals surface area contributed by atoms with Crippen molar-refractivity contribution in [2.45, 2.75) is 38.2 Å². The summed E-state index contributed by atoms with van der Waals surface area (Å²) in [4.78, 5) is 4.25. The number of aliphatic hydroxyl groups is 1. The van der Waals surface area contributed by atoms with Crippen LogP contribution in [-0.4, -0.2) is 63.7 Å². The highest BCUT2D eigenvalue weighted by atomic mass is 16.5. The summed E-state index contributed by atoms with van der Waals surface area (Å²) in [6.45, 7) is 4.26. The third kappa shape index (κ3) is 5.13. The second-order valence-electron chi connectivity index (χ2n) is 6.05. The number of guanidine groups is 1. The average molecular weight is 299 g/mol. The van der Waals surface area contributed by atoms with Crippen molar-refractivity contribution in [2.24, 2.45) is 10.4 Å². The number of hydrogen-bond donors (Lipinski definition) is 3. The number of aliphatic imine (C=N–C) groups is 1. The van der Waals surface area contributed by atoms with E-state index >= 15 is 0 Å². The van der Waals surface area contributed by atoms with Crippen molar-refractivity contribution in [3.8, 4) is 0 Å². The van der Waals surface area contributed by atoms with E-state index in [1.54, 1.807) is 7.05 Å². The number of nitrogens with zero attached hydrogens (tertiary/aromatic N) is 1. The molecule has 2 atom stereocenters. The van der Waals surface area contributed by atoms with Gasteiger partial charge in [0.05, 0.1) is 12.7 Å². The zero-order valence-electron chi connectivity index (χ0n) is 13.1. The third-order valence-electron chi connectivity index (χ3n) is 4.46. The summed E-state index contributed by atoms with van der Waals surface area (Å²) in [6.07, 6.45) is 5.54. The molecule has 0 bridgehead atoms. The van der Waals surface area contributed by atoms with Crippen LogP contribution >= 0.6 is 0 Å². The maximum atomic E-state index is 9.23. The molecule has 2 saturated heterocycles. The van der Waals surface area contributed by atoms with Gasteiger partial charge in [-0.05, 0) is 32.1 Å². The van der Waals surface area contributed by atoms with Crippen LogP contribution in [-0.2, 0) is 9.47 Å². The van der Waals surface area contributed by atoms with E-state index in [9.17, 15) is 5.11 Å². The Morgan fingerprint density at radius 2 is 2.29 bits per heavy atom. The standard InChI is InChI=1S/C15H29N3O3/c1-16-14(17-7-4-13-3-2-9-21-13)18-11-15(5-8-19)6-10-20-12-15/h13,19H,2-12H2,1H3,(H2,16,17,18). The zero-order valence-corrected chi connectivity index (χ0v) is 13.1. The second-order valence-corrected chi connectivity index (χ2v) is 6.05. The molecule has 2 rings (SSSR count). The van der Waals surface area contributed by atoms with Gasteiger partial charge in [0.15, 0.2) is 5.96 Å². The highest BCUT2D eigenvalue weighted by Gasteiger charge is 2.34. The van der Waals surface area contributed by atoms with Crippen LogP contribution in [0.3, 0.4) is 0 Å². The number of rotatable bonds is 7. The van der Waals surface area contributed by atoms with Crippen molar-refractivity contribution in [3.63, 3.8) is 0 Å². The maximum absolute atomic E-state index is 9.23. The van der Waals surface area contributed by atoms with Gasteiger partial charge in [-0.25, -0.2) is 0 Å². The summed E-state index contributed by atoms with van der Waals surface area (Å²) in [5.74, 6) is 0.817. The molecule has 122 valence electrons. The molecule has 6 heteroatoms. The molecule has 0 aromatic carbocycles. The minimum Gasteiger partial charge on any atom is -0.396 e. The second kappa shape index (κ2) is 8.56. The third-order valence-corrected chi connectivity index (χ3v) is 4.46. The lowest BCUT2D eigenvalue weighted by atomic mass is 9.84. The van der Waals surface area contributed by atoms with Crippen molar-refractivity contribution < 1.29 is 14.6 Å². The largest absolute Gasteiger partial charge is 0.396 e. The molecular weight excluding hydrogens is 270 g/mol. The lowest BCUT2D eigenvalue weighted by Gasteiger charge is -2.27. The SMILES string of the molecule is CN=C(NCCC1CCCO1)NCC1(CCO)CCOC1. The Morgan fingerprint density at radius 1 is 1.38 bits per heavy atom. The molecule has 2 aliphatic heterocycles. The fraction of sp³-hybridized carbons (Fsp3) is 0.933. The minimum absolute atomic E-state index is 0.0426. The zero-order chi connectivity index (χ0) is 15.0. The average Bonchev–Trinajstić information content (AvgIpc) is 3.15. The Bertz CT molecular complexity index is 324. The molecule has 0 aromatic rings. The number of ether oxygens (including phenoxy) is 2. The van der Waals surface area contributed by atoms with Gasteiger partial charge in [0, 0.05) is 45.4 Å². The van der Waals surface area contributed by atoms with E-state index in [2.05, 4.69) is 15.6 Å². The van der Waals surface area contributed by atoms with Crippen molar-refractivity contribution in [1.82, 2.24) is 10.6 Å². The molecular formula is C15H29N3O3. The topological polar surface area (TPSA) is 75.1 Å². The molecule has 0 aliphatic carbocycles. The first-order chi connectivity index (χ1) is 10.3. The van der Waals surface area contributed by atoms with E-state index in [4.69, 9.17) is 9.47 Å². The van der Waals surface area contributed by atoms with Gasteiger partial charge in [0.1, 0.15) is 0 Å². The minimum atomic E-state index is 0.0426. The van der Waals surface area contributed by atoms with Gasteiger partial charge in [-0.2, -0.15) is 0 Å². The van der Waals surface area contributed by atoms with Gasteiger partial charge >= 0.3 is 0 Å². The van der Waals surface area contributed by atoms with E-state index in [0.29, 0.717) is 12.7 Å². The first-order valence-corrected chi connectivity index (χ1v) is 8.03. The molecule has 0 spiro atoms. The van der Waals surface area contributed by atoms with E-state index < -0.39 is 0 Å². The molecule has 3 N–H and O–H groups in total. The highest BCUT2D eigenvalue weighted by molar-refractivity contribution is 5.79. The predicted octanol–water partition coefficient (Wildman–Crippen LogP) is 0.510. The van der Waals surface area contributed by atoms with Gasteiger partial charge in [0.2, 0.25) is 0 Å². The quantitative estimate of drug-likeness (QED) is 0.472. The van der Waals surface area contributed by atoms with Gasteiger partial charge in [-0.15, -0.1) is 0 Å². The molecule has 2 aliphatic rings. The van der Waals surface area contributed by atoms with Gasteiger partial charge in [-0.1, -0.05) is 0 Å². The van der Waals surface area contributed by atoms with E-state index in [0.717, 1.165) is 51.5 Å². The Kier molecular flexibility index (Phi) is 6.73. The van der Waals surface area contributed by atoms with Crippen molar-refractivity contribution in [1.29, 1.82) is 0 Å². The molecule has 21 heavy (non-hydrogen) atoms. The Balaban J connectivity index is 1.68. The normalized spacial score (nSPS) is 29.8. The lowest BCUT2D eigenvalue weighted by Crippen LogP contribution is -2.45. The number of aliphatic hydroxyl groups excluding tert-OH is 1. The van der Waals surface area contributed by atoms with E-state index in [1.807, 2.05) is 0 Å². The molecule has 2 heterocycles. The van der Waals surface area contributed by atoms with Crippen LogP contribution in [0.2, 0.25) is 0 Å².